The molecule has 0 spiro atoms. The second-order valence-corrected chi connectivity index (χ2v) is 3.38. The van der Waals surface area contributed by atoms with Crippen LogP contribution in [0.2, 0.25) is 0 Å². The quantitative estimate of drug-likeness (QED) is 0.655. The third-order valence-corrected chi connectivity index (χ3v) is 1.81. The number of carboxylic acid groups (broad SMARTS) is 1. The highest BCUT2D eigenvalue weighted by molar-refractivity contribution is 9.10. The van der Waals surface area contributed by atoms with Gasteiger partial charge in [-0.05, 0) is 9.91 Å². The Labute approximate surface area is 86.9 Å². The van der Waals surface area contributed by atoms with Crippen LogP contribution in [0.15, 0.2) is 16.6 Å². The van der Waals surface area contributed by atoms with Crippen molar-refractivity contribution in [3.8, 4) is 0 Å². The summed E-state index contributed by atoms with van der Waals surface area (Å²) in [5, 5.41) is 18.8. The molecule has 0 aromatic carbocycles. The van der Waals surface area contributed by atoms with Crippen molar-refractivity contribution in [1.29, 1.82) is 0 Å². The van der Waals surface area contributed by atoms with Crippen molar-refractivity contribution in [2.75, 3.05) is 0 Å². The second kappa shape index (κ2) is 4.14. The molecule has 1 aromatic heterocycles. The highest BCUT2D eigenvalue weighted by Gasteiger charge is 2.14. The number of nitro groups is 1. The Morgan fingerprint density at radius 1 is 1.64 bits per heavy atom. The van der Waals surface area contributed by atoms with Crippen LogP contribution in [0.5, 0.6) is 0 Å². The second-order valence-electron chi connectivity index (χ2n) is 2.46. The van der Waals surface area contributed by atoms with Crippen LogP contribution in [-0.2, 0) is 11.2 Å². The smallest absolute Gasteiger partial charge is 0.364 e. The molecule has 0 saturated heterocycles. The van der Waals surface area contributed by atoms with Gasteiger partial charge in [0.2, 0.25) is 0 Å². The van der Waals surface area contributed by atoms with Crippen molar-refractivity contribution >= 4 is 27.7 Å². The van der Waals surface area contributed by atoms with Gasteiger partial charge >= 0.3 is 11.8 Å². The fourth-order valence-electron chi connectivity index (χ4n) is 0.875. The predicted molar refractivity (Wildman–Crippen MR) is 49.9 cm³/mol. The molecule has 0 amide bonds. The van der Waals surface area contributed by atoms with Gasteiger partial charge in [-0.1, -0.05) is 15.9 Å². The number of nitrogens with zero attached hydrogens (tertiary/aromatic N) is 2. The zero-order chi connectivity index (χ0) is 10.7. The van der Waals surface area contributed by atoms with Crippen LogP contribution < -0.4 is 0 Å². The normalized spacial score (nSPS) is 9.79. The summed E-state index contributed by atoms with van der Waals surface area (Å²) in [6.45, 7) is 0. The molecule has 0 atom stereocenters. The van der Waals surface area contributed by atoms with E-state index in [1.165, 1.54) is 12.1 Å². The summed E-state index contributed by atoms with van der Waals surface area (Å²) in [4.78, 5) is 23.6. The van der Waals surface area contributed by atoms with E-state index in [0.717, 1.165) is 0 Å². The number of pyridine rings is 1. The van der Waals surface area contributed by atoms with Crippen LogP contribution in [0.1, 0.15) is 5.69 Å². The lowest BCUT2D eigenvalue weighted by atomic mass is 10.3. The number of carbonyl (C=O) groups is 1. The van der Waals surface area contributed by atoms with E-state index >= 15 is 0 Å². The van der Waals surface area contributed by atoms with E-state index in [1.54, 1.807) is 0 Å². The molecular weight excluding hydrogens is 256 g/mol. The van der Waals surface area contributed by atoms with Gasteiger partial charge < -0.3 is 15.2 Å². The number of aliphatic carboxylic acids is 1. The van der Waals surface area contributed by atoms with Gasteiger partial charge in [-0.3, -0.25) is 4.79 Å². The largest absolute Gasteiger partial charge is 0.481 e. The van der Waals surface area contributed by atoms with Crippen LogP contribution in [0.3, 0.4) is 0 Å². The molecule has 0 saturated carbocycles. The van der Waals surface area contributed by atoms with Gasteiger partial charge in [0.15, 0.2) is 5.69 Å². The third-order valence-electron chi connectivity index (χ3n) is 1.35. The van der Waals surface area contributed by atoms with Crippen molar-refractivity contribution < 1.29 is 14.8 Å². The van der Waals surface area contributed by atoms with Crippen molar-refractivity contribution in [1.82, 2.24) is 4.98 Å². The minimum atomic E-state index is -1.08. The lowest BCUT2D eigenvalue weighted by Gasteiger charge is -1.95. The van der Waals surface area contributed by atoms with Gasteiger partial charge in [0, 0.05) is 10.5 Å². The zero-order valence-corrected chi connectivity index (χ0v) is 8.39. The van der Waals surface area contributed by atoms with Gasteiger partial charge in [0.05, 0.1) is 6.07 Å². The maximum absolute atomic E-state index is 10.4. The lowest BCUT2D eigenvalue weighted by Crippen LogP contribution is -2.04. The Hall–Kier alpha value is -1.50. The summed E-state index contributed by atoms with van der Waals surface area (Å²) in [7, 11) is 0. The Morgan fingerprint density at radius 3 is 2.79 bits per heavy atom. The fourth-order valence-corrected chi connectivity index (χ4v) is 1.34. The molecule has 0 aliphatic rings. The minimum Gasteiger partial charge on any atom is -0.481 e. The van der Waals surface area contributed by atoms with E-state index in [9.17, 15) is 14.9 Å². The SMILES string of the molecule is O=C(O)Cc1cc(Br)cc([N+](=O)[O-])n1. The summed E-state index contributed by atoms with van der Waals surface area (Å²) < 4.78 is 0.440. The molecule has 0 radical (unpaired) electrons. The van der Waals surface area contributed by atoms with E-state index in [0.29, 0.717) is 4.47 Å². The van der Waals surface area contributed by atoms with E-state index in [2.05, 4.69) is 20.9 Å². The topological polar surface area (TPSA) is 93.3 Å². The Balaban J connectivity index is 3.07. The number of hydrogen-bond donors (Lipinski definition) is 1. The standard InChI is InChI=1S/C7H5BrN2O4/c8-4-1-5(3-7(11)12)9-6(2-4)10(13)14/h1-2H,3H2,(H,11,12). The van der Waals surface area contributed by atoms with Gasteiger partial charge in [0.1, 0.15) is 6.42 Å². The van der Waals surface area contributed by atoms with Crippen LogP contribution in [0.25, 0.3) is 0 Å². The molecule has 1 rings (SSSR count). The molecule has 0 aliphatic carbocycles. The molecule has 1 N–H and O–H groups in total. The predicted octanol–water partition coefficient (Wildman–Crippen LogP) is 1.38. The average Bonchev–Trinajstić information content (AvgIpc) is 2.01. The summed E-state index contributed by atoms with van der Waals surface area (Å²) >= 11 is 3.03. The maximum atomic E-state index is 10.4. The van der Waals surface area contributed by atoms with Crippen LogP contribution >= 0.6 is 15.9 Å². The molecule has 0 fully saturated rings. The molecule has 0 bridgehead atoms. The third kappa shape index (κ3) is 2.77. The van der Waals surface area contributed by atoms with Gasteiger partial charge in [0.25, 0.3) is 0 Å². The van der Waals surface area contributed by atoms with Crippen molar-refractivity contribution in [3.63, 3.8) is 0 Å². The molecule has 14 heavy (non-hydrogen) atoms. The monoisotopic (exact) mass is 260 g/mol. The zero-order valence-electron chi connectivity index (χ0n) is 6.81. The lowest BCUT2D eigenvalue weighted by molar-refractivity contribution is -0.389. The van der Waals surface area contributed by atoms with Gasteiger partial charge in [-0.15, -0.1) is 0 Å². The summed E-state index contributed by atoms with van der Waals surface area (Å²) in [5.74, 6) is -1.44. The van der Waals surface area contributed by atoms with Crippen molar-refractivity contribution in [2.45, 2.75) is 6.42 Å². The molecule has 0 aliphatic heterocycles. The number of carboxylic acids is 1. The molecule has 7 heteroatoms. The van der Waals surface area contributed by atoms with E-state index in [-0.39, 0.29) is 17.9 Å². The summed E-state index contributed by atoms with van der Waals surface area (Å²) in [5.41, 5.74) is 0.151. The molecule has 74 valence electrons. The summed E-state index contributed by atoms with van der Waals surface area (Å²) in [6.07, 6.45) is -0.333. The highest BCUT2D eigenvalue weighted by atomic mass is 79.9. The number of aromatic nitrogens is 1. The molecule has 1 aromatic rings. The number of hydrogen-bond acceptors (Lipinski definition) is 4. The van der Waals surface area contributed by atoms with Gasteiger partial charge in [-0.25, -0.2) is 0 Å². The van der Waals surface area contributed by atoms with E-state index in [4.69, 9.17) is 5.11 Å². The number of halogens is 1. The molecule has 6 nitrogen and oxygen atoms in total. The first kappa shape index (κ1) is 10.6. The first-order valence-electron chi connectivity index (χ1n) is 3.51. The van der Waals surface area contributed by atoms with E-state index in [1.807, 2.05) is 0 Å². The maximum Gasteiger partial charge on any atom is 0.364 e. The average molecular weight is 261 g/mol. The van der Waals surface area contributed by atoms with Gasteiger partial charge in [-0.2, -0.15) is 0 Å². The van der Waals surface area contributed by atoms with Crippen LogP contribution in [0.4, 0.5) is 5.82 Å². The Kier molecular flexibility index (Phi) is 3.13. The van der Waals surface area contributed by atoms with Crippen molar-refractivity contribution in [2.24, 2.45) is 0 Å². The molecule has 1 heterocycles. The first-order chi connectivity index (χ1) is 6.49. The van der Waals surface area contributed by atoms with Crippen molar-refractivity contribution in [3.05, 3.63) is 32.4 Å². The Morgan fingerprint density at radius 2 is 2.29 bits per heavy atom. The van der Waals surface area contributed by atoms with E-state index < -0.39 is 10.9 Å². The van der Waals surface area contributed by atoms with Crippen LogP contribution in [-0.4, -0.2) is 21.0 Å². The minimum absolute atomic E-state index is 0.151. The first-order valence-corrected chi connectivity index (χ1v) is 4.31. The Bertz CT molecular complexity index is 393. The number of rotatable bonds is 3. The molecule has 0 unspecified atom stereocenters. The summed E-state index contributed by atoms with van der Waals surface area (Å²) in [6, 6.07) is 2.65. The van der Waals surface area contributed by atoms with Crippen LogP contribution in [0, 0.1) is 10.1 Å². The highest BCUT2D eigenvalue weighted by Crippen LogP contribution is 2.17. The fraction of sp³-hybridized carbons (Fsp3) is 0.143. The molecular formula is C7H5BrN2O4.